The largest absolute Gasteiger partial charge is 0.508 e. The summed E-state index contributed by atoms with van der Waals surface area (Å²) in [6, 6.07) is 5.80. The molecule has 26 heavy (non-hydrogen) atoms. The van der Waals surface area contributed by atoms with Crippen molar-refractivity contribution in [3.8, 4) is 5.75 Å². The van der Waals surface area contributed by atoms with Gasteiger partial charge in [0.1, 0.15) is 11.4 Å². The molecule has 0 bridgehead atoms. The molecule has 0 spiro atoms. The number of ether oxygens (including phenoxy) is 1. The number of rotatable bonds is 6. The average molecular weight is 360 g/mol. The topological polar surface area (TPSA) is 49.8 Å². The summed E-state index contributed by atoms with van der Waals surface area (Å²) in [5.41, 5.74) is 1.92. The SMILES string of the molecule is CCCC(=O)O[C@]12CCCC[C@@]1(CCN(C)C)c1cc(O)ccc1CC2. The highest BCUT2D eigenvalue weighted by molar-refractivity contribution is 5.70. The van der Waals surface area contributed by atoms with Gasteiger partial charge in [-0.1, -0.05) is 19.4 Å². The zero-order chi connectivity index (χ0) is 18.8. The Kier molecular flexibility index (Phi) is 5.61. The molecule has 0 aromatic heterocycles. The molecule has 2 aliphatic carbocycles. The molecule has 4 heteroatoms. The predicted octanol–water partition coefficient (Wildman–Crippen LogP) is 4.18. The number of phenols is 1. The standard InChI is InChI=1S/C22H33NO3/c1-4-7-20(25)26-22-12-6-5-11-21(22,14-15-23(2)3)19-16-18(24)9-8-17(19)10-13-22/h8-9,16,24H,4-7,10-15H2,1-3H3/t21-,22+/m1/s1. The number of carbonyl (C=O) groups excluding carboxylic acids is 1. The highest BCUT2D eigenvalue weighted by atomic mass is 16.6. The molecular formula is C22H33NO3. The maximum Gasteiger partial charge on any atom is 0.306 e. The fraction of sp³-hybridized carbons (Fsp3) is 0.682. The first-order valence-electron chi connectivity index (χ1n) is 10.1. The van der Waals surface area contributed by atoms with Gasteiger partial charge in [0.25, 0.3) is 0 Å². The molecule has 1 N–H and O–H groups in total. The minimum atomic E-state index is -0.422. The number of hydrogen-bond acceptors (Lipinski definition) is 4. The lowest BCUT2D eigenvalue weighted by molar-refractivity contribution is -0.179. The lowest BCUT2D eigenvalue weighted by atomic mass is 9.53. The Bertz CT molecular complexity index is 657. The van der Waals surface area contributed by atoms with Crippen LogP contribution in [-0.2, 0) is 21.4 Å². The molecule has 1 saturated carbocycles. The molecule has 4 nitrogen and oxygen atoms in total. The van der Waals surface area contributed by atoms with Crippen LogP contribution in [0, 0.1) is 0 Å². The van der Waals surface area contributed by atoms with Crippen molar-refractivity contribution in [3.63, 3.8) is 0 Å². The smallest absolute Gasteiger partial charge is 0.306 e. The van der Waals surface area contributed by atoms with Gasteiger partial charge in [-0.15, -0.1) is 0 Å². The Morgan fingerprint density at radius 3 is 2.73 bits per heavy atom. The van der Waals surface area contributed by atoms with Crippen LogP contribution in [0.1, 0.15) is 69.4 Å². The Labute approximate surface area is 157 Å². The van der Waals surface area contributed by atoms with E-state index in [1.807, 2.05) is 13.0 Å². The van der Waals surface area contributed by atoms with Crippen LogP contribution in [0.5, 0.6) is 5.75 Å². The molecular weight excluding hydrogens is 326 g/mol. The van der Waals surface area contributed by atoms with Crippen LogP contribution in [0.25, 0.3) is 0 Å². The number of phenolic OH excluding ortho intramolecular Hbond substituents is 1. The van der Waals surface area contributed by atoms with Crippen molar-refractivity contribution >= 4 is 5.97 Å². The van der Waals surface area contributed by atoms with Crippen molar-refractivity contribution in [2.45, 2.75) is 75.7 Å². The van der Waals surface area contributed by atoms with Crippen LogP contribution in [0.15, 0.2) is 18.2 Å². The van der Waals surface area contributed by atoms with Crippen molar-refractivity contribution in [2.75, 3.05) is 20.6 Å². The Morgan fingerprint density at radius 1 is 1.23 bits per heavy atom. The van der Waals surface area contributed by atoms with Gasteiger partial charge in [-0.25, -0.2) is 0 Å². The Hall–Kier alpha value is -1.55. The summed E-state index contributed by atoms with van der Waals surface area (Å²) >= 11 is 0. The van der Waals surface area contributed by atoms with E-state index < -0.39 is 5.60 Å². The third-order valence-corrected chi connectivity index (χ3v) is 6.46. The number of nitrogens with zero attached hydrogens (tertiary/aromatic N) is 1. The molecule has 3 rings (SSSR count). The highest BCUT2D eigenvalue weighted by Gasteiger charge is 2.58. The van der Waals surface area contributed by atoms with Gasteiger partial charge in [0.05, 0.1) is 0 Å². The summed E-state index contributed by atoms with van der Waals surface area (Å²) < 4.78 is 6.32. The molecule has 0 saturated heterocycles. The number of esters is 1. The monoisotopic (exact) mass is 359 g/mol. The van der Waals surface area contributed by atoms with E-state index in [2.05, 4.69) is 25.1 Å². The molecule has 0 amide bonds. The molecule has 0 radical (unpaired) electrons. The quantitative estimate of drug-likeness (QED) is 0.774. The van der Waals surface area contributed by atoms with E-state index in [1.165, 1.54) is 11.1 Å². The molecule has 0 heterocycles. The molecule has 1 aromatic carbocycles. The van der Waals surface area contributed by atoms with Crippen molar-refractivity contribution in [1.82, 2.24) is 4.90 Å². The van der Waals surface area contributed by atoms with Crippen molar-refractivity contribution in [3.05, 3.63) is 29.3 Å². The van der Waals surface area contributed by atoms with Gasteiger partial charge in [0.2, 0.25) is 0 Å². The number of hydrogen-bond donors (Lipinski definition) is 1. The number of aryl methyl sites for hydroxylation is 1. The van der Waals surface area contributed by atoms with E-state index in [0.717, 1.165) is 57.9 Å². The molecule has 1 fully saturated rings. The third-order valence-electron chi connectivity index (χ3n) is 6.46. The van der Waals surface area contributed by atoms with Gasteiger partial charge in [-0.2, -0.15) is 0 Å². The molecule has 1 aromatic rings. The van der Waals surface area contributed by atoms with Crippen LogP contribution in [0.2, 0.25) is 0 Å². The zero-order valence-corrected chi connectivity index (χ0v) is 16.5. The maximum absolute atomic E-state index is 12.5. The van der Waals surface area contributed by atoms with Crippen LogP contribution < -0.4 is 0 Å². The number of carbonyl (C=O) groups is 1. The second-order valence-electron chi connectivity index (χ2n) is 8.40. The Balaban J connectivity index is 2.08. The van der Waals surface area contributed by atoms with E-state index in [1.54, 1.807) is 6.07 Å². The van der Waals surface area contributed by atoms with Crippen molar-refractivity contribution in [2.24, 2.45) is 0 Å². The van der Waals surface area contributed by atoms with Gasteiger partial charge in [0.15, 0.2) is 0 Å². The summed E-state index contributed by atoms with van der Waals surface area (Å²) in [5.74, 6) is 0.251. The fourth-order valence-corrected chi connectivity index (χ4v) is 5.19. The third kappa shape index (κ3) is 3.36. The number of benzene rings is 1. The minimum absolute atomic E-state index is 0.0627. The number of fused-ring (bicyclic) bond motifs is 3. The lowest BCUT2D eigenvalue weighted by Gasteiger charge is -2.56. The van der Waals surface area contributed by atoms with E-state index in [4.69, 9.17) is 4.74 Å². The summed E-state index contributed by atoms with van der Waals surface area (Å²) in [6.45, 7) is 2.97. The second kappa shape index (κ2) is 7.59. The van der Waals surface area contributed by atoms with Crippen LogP contribution in [-0.4, -0.2) is 42.2 Å². The minimum Gasteiger partial charge on any atom is -0.508 e. The molecule has 144 valence electrons. The maximum atomic E-state index is 12.5. The highest BCUT2D eigenvalue weighted by Crippen LogP contribution is 2.57. The molecule has 2 aliphatic rings. The van der Waals surface area contributed by atoms with Gasteiger partial charge < -0.3 is 14.7 Å². The first kappa shape index (κ1) is 19.2. The lowest BCUT2D eigenvalue weighted by Crippen LogP contribution is -2.59. The van der Waals surface area contributed by atoms with Gasteiger partial charge >= 0.3 is 5.97 Å². The first-order chi connectivity index (χ1) is 12.4. The van der Waals surface area contributed by atoms with E-state index >= 15 is 0 Å². The first-order valence-corrected chi connectivity index (χ1v) is 10.1. The van der Waals surface area contributed by atoms with Crippen molar-refractivity contribution < 1.29 is 14.6 Å². The predicted molar refractivity (Wildman–Crippen MR) is 103 cm³/mol. The summed E-state index contributed by atoms with van der Waals surface area (Å²) in [4.78, 5) is 14.7. The van der Waals surface area contributed by atoms with Crippen LogP contribution >= 0.6 is 0 Å². The fourth-order valence-electron chi connectivity index (χ4n) is 5.19. The van der Waals surface area contributed by atoms with Gasteiger partial charge in [-0.05, 0) is 88.8 Å². The van der Waals surface area contributed by atoms with Gasteiger partial charge in [-0.3, -0.25) is 4.79 Å². The summed E-state index contributed by atoms with van der Waals surface area (Å²) in [7, 11) is 4.19. The average Bonchev–Trinajstić information content (AvgIpc) is 2.60. The second-order valence-corrected chi connectivity index (χ2v) is 8.40. The van der Waals surface area contributed by atoms with Crippen LogP contribution in [0.3, 0.4) is 0 Å². The Morgan fingerprint density at radius 2 is 2.00 bits per heavy atom. The summed E-state index contributed by atoms with van der Waals surface area (Å²) in [5, 5.41) is 10.2. The molecule has 0 aliphatic heterocycles. The number of aromatic hydroxyl groups is 1. The van der Waals surface area contributed by atoms with Gasteiger partial charge in [0, 0.05) is 11.8 Å². The van der Waals surface area contributed by atoms with E-state index in [0.29, 0.717) is 12.2 Å². The van der Waals surface area contributed by atoms with Crippen LogP contribution in [0.4, 0.5) is 0 Å². The van der Waals surface area contributed by atoms with Crippen molar-refractivity contribution in [1.29, 1.82) is 0 Å². The van der Waals surface area contributed by atoms with E-state index in [9.17, 15) is 9.90 Å². The van der Waals surface area contributed by atoms with E-state index in [-0.39, 0.29) is 11.4 Å². The summed E-state index contributed by atoms with van der Waals surface area (Å²) in [6.07, 6.45) is 8.28. The molecule has 2 atom stereocenters. The zero-order valence-electron chi connectivity index (χ0n) is 16.5. The molecule has 0 unspecified atom stereocenters. The normalized spacial score (nSPS) is 27.7.